The van der Waals surface area contributed by atoms with Crippen LogP contribution in [0.25, 0.3) is 0 Å². The van der Waals surface area contributed by atoms with Gasteiger partial charge < -0.3 is 10.2 Å². The van der Waals surface area contributed by atoms with E-state index in [1.165, 1.54) is 13.3 Å². The zero-order valence-corrected chi connectivity index (χ0v) is 14.3. The van der Waals surface area contributed by atoms with Crippen LogP contribution in [0.3, 0.4) is 0 Å². The summed E-state index contributed by atoms with van der Waals surface area (Å²) in [5.41, 5.74) is 0.941. The Hall–Kier alpha value is -2.70. The standard InChI is InChI=1S/C18H23N5O2/c1-14(24)21-17(15-6-3-2-4-7-15)10-18(25)22-9-5-8-16(11-22)23-13-19-12-20-23/h2-4,6-7,12-13,16-17H,5,8-11H2,1H3,(H,21,24)/t16-,17-/m1/s1. The fourth-order valence-electron chi connectivity index (χ4n) is 3.29. The predicted molar refractivity (Wildman–Crippen MR) is 92.5 cm³/mol. The van der Waals surface area contributed by atoms with E-state index >= 15 is 0 Å². The van der Waals surface area contributed by atoms with E-state index in [-0.39, 0.29) is 30.3 Å². The number of nitrogens with one attached hydrogen (secondary N) is 1. The summed E-state index contributed by atoms with van der Waals surface area (Å²) in [5, 5.41) is 7.08. The highest BCUT2D eigenvalue weighted by Crippen LogP contribution is 2.23. The number of likely N-dealkylation sites (tertiary alicyclic amines) is 1. The van der Waals surface area contributed by atoms with E-state index in [4.69, 9.17) is 0 Å². The molecule has 1 aliphatic rings. The van der Waals surface area contributed by atoms with Crippen LogP contribution in [0.5, 0.6) is 0 Å². The first-order chi connectivity index (χ1) is 12.1. The number of piperidine rings is 1. The van der Waals surface area contributed by atoms with Gasteiger partial charge in [0.15, 0.2) is 0 Å². The van der Waals surface area contributed by atoms with Crippen LogP contribution in [0.15, 0.2) is 43.0 Å². The summed E-state index contributed by atoms with van der Waals surface area (Å²) in [6.07, 6.45) is 5.40. The first-order valence-corrected chi connectivity index (χ1v) is 8.57. The molecule has 1 fully saturated rings. The molecule has 2 aromatic rings. The monoisotopic (exact) mass is 341 g/mol. The number of hydrogen-bond donors (Lipinski definition) is 1. The highest BCUT2D eigenvalue weighted by atomic mass is 16.2. The quantitative estimate of drug-likeness (QED) is 0.898. The summed E-state index contributed by atoms with van der Waals surface area (Å²) in [7, 11) is 0. The summed E-state index contributed by atoms with van der Waals surface area (Å²) in [4.78, 5) is 30.2. The first-order valence-electron chi connectivity index (χ1n) is 8.57. The molecule has 0 spiro atoms. The number of carbonyl (C=O) groups excluding carboxylic acids is 2. The second kappa shape index (κ2) is 7.92. The number of hydrogen-bond acceptors (Lipinski definition) is 4. The number of nitrogens with zero attached hydrogens (tertiary/aromatic N) is 4. The van der Waals surface area contributed by atoms with Gasteiger partial charge in [0.05, 0.1) is 18.5 Å². The fourth-order valence-corrected chi connectivity index (χ4v) is 3.29. The minimum atomic E-state index is -0.307. The van der Waals surface area contributed by atoms with E-state index < -0.39 is 0 Å². The minimum Gasteiger partial charge on any atom is -0.349 e. The minimum absolute atomic E-state index is 0.0485. The molecule has 2 heterocycles. The topological polar surface area (TPSA) is 80.1 Å². The molecule has 2 amide bonds. The molecule has 3 rings (SSSR count). The van der Waals surface area contributed by atoms with Gasteiger partial charge in [-0.15, -0.1) is 0 Å². The lowest BCUT2D eigenvalue weighted by molar-refractivity contribution is -0.133. The zero-order chi connectivity index (χ0) is 17.6. The SMILES string of the molecule is CC(=O)N[C@H](CC(=O)N1CCC[C@@H](n2cncn2)C1)c1ccccc1. The summed E-state index contributed by atoms with van der Waals surface area (Å²) >= 11 is 0. The molecular formula is C18H23N5O2. The molecule has 0 unspecified atom stereocenters. The Bertz CT molecular complexity index is 702. The number of amides is 2. The van der Waals surface area contributed by atoms with E-state index in [1.807, 2.05) is 39.9 Å². The highest BCUT2D eigenvalue weighted by Gasteiger charge is 2.27. The maximum absolute atomic E-state index is 12.8. The van der Waals surface area contributed by atoms with Gasteiger partial charge in [0.1, 0.15) is 12.7 Å². The molecule has 1 aromatic carbocycles. The maximum atomic E-state index is 12.8. The van der Waals surface area contributed by atoms with E-state index in [9.17, 15) is 9.59 Å². The molecule has 0 aliphatic carbocycles. The molecule has 0 radical (unpaired) electrons. The molecule has 0 saturated carbocycles. The van der Waals surface area contributed by atoms with Crippen molar-refractivity contribution in [2.24, 2.45) is 0 Å². The molecule has 1 aliphatic heterocycles. The largest absolute Gasteiger partial charge is 0.349 e. The maximum Gasteiger partial charge on any atom is 0.225 e. The second-order valence-corrected chi connectivity index (χ2v) is 6.38. The summed E-state index contributed by atoms with van der Waals surface area (Å²) in [5.74, 6) is -0.0896. The van der Waals surface area contributed by atoms with Crippen molar-refractivity contribution in [2.75, 3.05) is 13.1 Å². The molecule has 7 nitrogen and oxygen atoms in total. The average Bonchev–Trinajstić information content (AvgIpc) is 3.16. The highest BCUT2D eigenvalue weighted by molar-refractivity contribution is 5.79. The number of aromatic nitrogens is 3. The van der Waals surface area contributed by atoms with Crippen molar-refractivity contribution in [3.05, 3.63) is 48.5 Å². The van der Waals surface area contributed by atoms with Crippen LogP contribution in [0, 0.1) is 0 Å². The van der Waals surface area contributed by atoms with Crippen LogP contribution in [-0.4, -0.2) is 44.6 Å². The van der Waals surface area contributed by atoms with Crippen molar-refractivity contribution >= 4 is 11.8 Å². The first kappa shape index (κ1) is 17.1. The van der Waals surface area contributed by atoms with Gasteiger partial charge in [0.2, 0.25) is 11.8 Å². The van der Waals surface area contributed by atoms with Gasteiger partial charge in [-0.25, -0.2) is 9.67 Å². The van der Waals surface area contributed by atoms with E-state index in [2.05, 4.69) is 15.4 Å². The Morgan fingerprint density at radius 1 is 1.32 bits per heavy atom. The second-order valence-electron chi connectivity index (χ2n) is 6.38. The van der Waals surface area contributed by atoms with E-state index in [0.29, 0.717) is 6.54 Å². The van der Waals surface area contributed by atoms with Gasteiger partial charge in [-0.2, -0.15) is 5.10 Å². The van der Waals surface area contributed by atoms with Gasteiger partial charge in [0, 0.05) is 20.0 Å². The third-order valence-electron chi connectivity index (χ3n) is 4.52. The smallest absolute Gasteiger partial charge is 0.225 e. The summed E-state index contributed by atoms with van der Waals surface area (Å²) < 4.78 is 1.82. The Labute approximate surface area is 147 Å². The molecule has 0 bridgehead atoms. The van der Waals surface area contributed by atoms with E-state index in [1.54, 1.807) is 6.33 Å². The van der Waals surface area contributed by atoms with Crippen molar-refractivity contribution in [2.45, 2.75) is 38.3 Å². The molecule has 1 N–H and O–H groups in total. The van der Waals surface area contributed by atoms with Crippen LogP contribution < -0.4 is 5.32 Å². The van der Waals surface area contributed by atoms with Crippen LogP contribution in [0.4, 0.5) is 0 Å². The van der Waals surface area contributed by atoms with Crippen LogP contribution >= 0.6 is 0 Å². The summed E-state index contributed by atoms with van der Waals surface area (Å²) in [6, 6.07) is 9.47. The molecule has 2 atom stereocenters. The lowest BCUT2D eigenvalue weighted by atomic mass is 10.0. The number of rotatable bonds is 5. The summed E-state index contributed by atoms with van der Waals surface area (Å²) in [6.45, 7) is 2.84. The lowest BCUT2D eigenvalue weighted by Crippen LogP contribution is -2.42. The lowest BCUT2D eigenvalue weighted by Gasteiger charge is -2.33. The van der Waals surface area contributed by atoms with Crippen molar-refractivity contribution in [3.8, 4) is 0 Å². The normalized spacial score (nSPS) is 18.6. The molecule has 1 aromatic heterocycles. The van der Waals surface area contributed by atoms with Crippen LogP contribution in [0.2, 0.25) is 0 Å². The Morgan fingerprint density at radius 2 is 2.12 bits per heavy atom. The van der Waals surface area contributed by atoms with Crippen molar-refractivity contribution in [3.63, 3.8) is 0 Å². The number of carbonyl (C=O) groups is 2. The van der Waals surface area contributed by atoms with Gasteiger partial charge in [0.25, 0.3) is 0 Å². The zero-order valence-electron chi connectivity index (χ0n) is 14.3. The third kappa shape index (κ3) is 4.43. The number of benzene rings is 1. The Balaban J connectivity index is 1.67. The van der Waals surface area contributed by atoms with Gasteiger partial charge >= 0.3 is 0 Å². The van der Waals surface area contributed by atoms with Gasteiger partial charge in [-0.1, -0.05) is 30.3 Å². The Kier molecular flexibility index (Phi) is 5.42. The van der Waals surface area contributed by atoms with Crippen LogP contribution in [0.1, 0.15) is 43.8 Å². The molecule has 132 valence electrons. The average molecular weight is 341 g/mol. The fraction of sp³-hybridized carbons (Fsp3) is 0.444. The van der Waals surface area contributed by atoms with Crippen LogP contribution in [-0.2, 0) is 9.59 Å². The predicted octanol–water partition coefficient (Wildman–Crippen LogP) is 1.71. The molecule has 25 heavy (non-hydrogen) atoms. The van der Waals surface area contributed by atoms with Crippen molar-refractivity contribution < 1.29 is 9.59 Å². The molecule has 7 heteroatoms. The molecular weight excluding hydrogens is 318 g/mol. The molecule has 1 saturated heterocycles. The van der Waals surface area contributed by atoms with Crippen molar-refractivity contribution in [1.29, 1.82) is 0 Å². The van der Waals surface area contributed by atoms with Gasteiger partial charge in [-0.3, -0.25) is 9.59 Å². The Morgan fingerprint density at radius 3 is 2.80 bits per heavy atom. The van der Waals surface area contributed by atoms with E-state index in [0.717, 1.165) is 24.9 Å². The third-order valence-corrected chi connectivity index (χ3v) is 4.52. The van der Waals surface area contributed by atoms with Crippen molar-refractivity contribution in [1.82, 2.24) is 25.0 Å². The van der Waals surface area contributed by atoms with Gasteiger partial charge in [-0.05, 0) is 18.4 Å².